The van der Waals surface area contributed by atoms with Gasteiger partial charge in [-0.1, -0.05) is 47.7 Å². The van der Waals surface area contributed by atoms with Crippen molar-refractivity contribution in [1.82, 2.24) is 9.97 Å². The fourth-order valence-electron chi connectivity index (χ4n) is 3.28. The highest BCUT2D eigenvalue weighted by Crippen LogP contribution is 2.31. The largest absolute Gasteiger partial charge is 0.459 e. The Bertz CT molecular complexity index is 1410. The lowest BCUT2D eigenvalue weighted by molar-refractivity contribution is -0.113. The van der Waals surface area contributed by atoms with Gasteiger partial charge in [-0.3, -0.25) is 9.59 Å². The molecule has 2 aromatic carbocycles. The second-order valence-corrected chi connectivity index (χ2v) is 9.76. The van der Waals surface area contributed by atoms with Gasteiger partial charge < -0.3 is 15.0 Å². The minimum atomic E-state index is -0.448. The summed E-state index contributed by atoms with van der Waals surface area (Å²) in [5.74, 6) is -0.684. The van der Waals surface area contributed by atoms with Gasteiger partial charge in [0.05, 0.1) is 22.8 Å². The number of nitrogens with one attached hydrogen (secondary N) is 2. The molecule has 2 heterocycles. The molecule has 0 radical (unpaired) electrons. The lowest BCUT2D eigenvalue weighted by Crippen LogP contribution is -2.16. The lowest BCUT2D eigenvalue weighted by atomic mass is 10.1. The third-order valence-electron chi connectivity index (χ3n) is 4.85. The molecule has 0 fully saturated rings. The van der Waals surface area contributed by atoms with E-state index in [9.17, 15) is 14.4 Å². The Morgan fingerprint density at radius 1 is 1.18 bits per heavy atom. The number of fused-ring (bicyclic) bond motifs is 1. The van der Waals surface area contributed by atoms with Crippen molar-refractivity contribution < 1.29 is 14.3 Å². The van der Waals surface area contributed by atoms with Crippen LogP contribution in [-0.2, 0) is 9.53 Å². The number of carbonyl (C=O) groups is 2. The highest BCUT2D eigenvalue weighted by Gasteiger charge is 2.15. The van der Waals surface area contributed by atoms with E-state index in [1.54, 1.807) is 38.1 Å². The van der Waals surface area contributed by atoms with E-state index in [1.807, 2.05) is 36.6 Å². The maximum atomic E-state index is 12.8. The molecule has 0 bridgehead atoms. The zero-order valence-electron chi connectivity index (χ0n) is 18.9. The molecular weight excluding hydrogens is 470 g/mol. The number of amides is 1. The molecule has 7 nitrogen and oxygen atoms in total. The summed E-state index contributed by atoms with van der Waals surface area (Å²) >= 11 is 2.54. The van der Waals surface area contributed by atoms with Crippen LogP contribution in [0, 0.1) is 6.92 Å². The Balaban J connectivity index is 1.44. The van der Waals surface area contributed by atoms with Gasteiger partial charge >= 0.3 is 5.97 Å². The van der Waals surface area contributed by atoms with Crippen molar-refractivity contribution in [3.63, 3.8) is 0 Å². The summed E-state index contributed by atoms with van der Waals surface area (Å²) in [4.78, 5) is 45.2. The number of rotatable bonds is 7. The van der Waals surface area contributed by atoms with Gasteiger partial charge in [-0.05, 0) is 44.5 Å². The number of ether oxygens (including phenoxy) is 1. The molecule has 34 heavy (non-hydrogen) atoms. The van der Waals surface area contributed by atoms with Crippen LogP contribution in [0.5, 0.6) is 0 Å². The first-order chi connectivity index (χ1) is 16.3. The number of hydrogen-bond acceptors (Lipinski definition) is 7. The Kier molecular flexibility index (Phi) is 7.14. The van der Waals surface area contributed by atoms with E-state index in [2.05, 4.69) is 15.3 Å². The van der Waals surface area contributed by atoms with Gasteiger partial charge in [0, 0.05) is 16.6 Å². The minimum Gasteiger partial charge on any atom is -0.459 e. The number of thiophene rings is 1. The molecule has 0 aliphatic heterocycles. The van der Waals surface area contributed by atoms with Crippen molar-refractivity contribution in [2.75, 3.05) is 11.1 Å². The minimum absolute atomic E-state index is 0.0469. The zero-order chi connectivity index (χ0) is 24.2. The molecule has 0 unspecified atom stereocenters. The maximum Gasteiger partial charge on any atom is 0.338 e. The third kappa shape index (κ3) is 5.55. The van der Waals surface area contributed by atoms with Gasteiger partial charge in [-0.25, -0.2) is 9.78 Å². The fourth-order valence-corrected chi connectivity index (χ4v) is 4.95. The van der Waals surface area contributed by atoms with Crippen molar-refractivity contribution in [2.45, 2.75) is 32.0 Å². The van der Waals surface area contributed by atoms with Gasteiger partial charge in [0.1, 0.15) is 4.83 Å². The van der Waals surface area contributed by atoms with Crippen LogP contribution in [0.3, 0.4) is 0 Å². The van der Waals surface area contributed by atoms with Crippen molar-refractivity contribution in [1.29, 1.82) is 0 Å². The van der Waals surface area contributed by atoms with Gasteiger partial charge in [0.15, 0.2) is 5.16 Å². The molecule has 2 aromatic heterocycles. The summed E-state index contributed by atoms with van der Waals surface area (Å²) in [6.45, 7) is 5.56. The molecule has 174 valence electrons. The number of aryl methyl sites for hydroxylation is 1. The van der Waals surface area contributed by atoms with Crippen LogP contribution in [0.2, 0.25) is 0 Å². The third-order valence-corrected chi connectivity index (χ3v) is 6.60. The number of nitrogens with zero attached hydrogens (tertiary/aromatic N) is 1. The summed E-state index contributed by atoms with van der Waals surface area (Å²) in [6, 6.07) is 14.6. The average Bonchev–Trinajstić information content (AvgIpc) is 3.22. The standard InChI is InChI=1S/C25H23N3O4S2/c1-14(2)32-24(31)17-5-4-6-18(11-17)26-20(29)13-34-25-27-22(30)21-19(12-33-23(21)28-25)16-9-7-15(3)8-10-16/h4-12,14H,13H2,1-3H3,(H,26,29)(H,27,28,30). The van der Waals surface area contributed by atoms with Crippen LogP contribution in [0.25, 0.3) is 21.3 Å². The molecule has 2 N–H and O–H groups in total. The van der Waals surface area contributed by atoms with Crippen molar-refractivity contribution in [3.8, 4) is 11.1 Å². The Morgan fingerprint density at radius 2 is 1.94 bits per heavy atom. The molecule has 0 saturated heterocycles. The number of carbonyl (C=O) groups excluding carboxylic acids is 2. The number of hydrogen-bond donors (Lipinski definition) is 2. The molecule has 0 aliphatic rings. The summed E-state index contributed by atoms with van der Waals surface area (Å²) < 4.78 is 5.19. The highest BCUT2D eigenvalue weighted by atomic mass is 32.2. The molecule has 0 spiro atoms. The van der Waals surface area contributed by atoms with Crippen molar-refractivity contribution >= 4 is 50.9 Å². The predicted molar refractivity (Wildman–Crippen MR) is 137 cm³/mol. The summed E-state index contributed by atoms with van der Waals surface area (Å²) in [5, 5.41) is 5.61. The Hall–Kier alpha value is -3.43. The summed E-state index contributed by atoms with van der Waals surface area (Å²) in [7, 11) is 0. The first kappa shape index (κ1) is 23.7. The highest BCUT2D eigenvalue weighted by molar-refractivity contribution is 7.99. The molecule has 0 atom stereocenters. The van der Waals surface area contributed by atoms with Crippen molar-refractivity contribution in [2.24, 2.45) is 0 Å². The number of benzene rings is 2. The molecule has 1 amide bonds. The van der Waals surface area contributed by atoms with Gasteiger partial charge in [0.2, 0.25) is 5.91 Å². The summed E-state index contributed by atoms with van der Waals surface area (Å²) in [5.41, 5.74) is 3.57. The van der Waals surface area contributed by atoms with Crippen LogP contribution >= 0.6 is 23.1 Å². The van der Waals surface area contributed by atoms with E-state index in [0.29, 0.717) is 26.6 Å². The smallest absolute Gasteiger partial charge is 0.338 e. The quantitative estimate of drug-likeness (QED) is 0.207. The van der Waals surface area contributed by atoms with E-state index >= 15 is 0 Å². The molecule has 0 saturated carbocycles. The normalized spacial score (nSPS) is 11.1. The zero-order valence-corrected chi connectivity index (χ0v) is 20.5. The molecule has 0 aliphatic carbocycles. The van der Waals surface area contributed by atoms with Gasteiger partial charge in [-0.2, -0.15) is 0 Å². The monoisotopic (exact) mass is 493 g/mol. The number of esters is 1. The first-order valence-corrected chi connectivity index (χ1v) is 12.5. The van der Waals surface area contributed by atoms with E-state index < -0.39 is 5.97 Å². The van der Waals surface area contributed by atoms with Gasteiger partial charge in [0.25, 0.3) is 5.56 Å². The second-order valence-electron chi connectivity index (χ2n) is 7.94. The number of H-pyrrole nitrogens is 1. The predicted octanol–water partition coefficient (Wildman–Crippen LogP) is 5.26. The average molecular weight is 494 g/mol. The van der Waals surface area contributed by atoms with E-state index in [0.717, 1.165) is 28.5 Å². The summed E-state index contributed by atoms with van der Waals surface area (Å²) in [6.07, 6.45) is -0.231. The van der Waals surface area contributed by atoms with Crippen LogP contribution < -0.4 is 10.9 Å². The lowest BCUT2D eigenvalue weighted by Gasteiger charge is -2.09. The van der Waals surface area contributed by atoms with Gasteiger partial charge in [-0.15, -0.1) is 11.3 Å². The van der Waals surface area contributed by atoms with Crippen LogP contribution in [0.15, 0.2) is 63.9 Å². The van der Waals surface area contributed by atoms with E-state index in [4.69, 9.17) is 4.74 Å². The fraction of sp³-hybridized carbons (Fsp3) is 0.200. The number of anilines is 1. The molecule has 4 aromatic rings. The SMILES string of the molecule is Cc1ccc(-c2csc3nc(SCC(=O)Nc4cccc(C(=O)OC(C)C)c4)[nH]c(=O)c23)cc1. The second kappa shape index (κ2) is 10.2. The number of aromatic nitrogens is 2. The molecule has 9 heteroatoms. The number of thioether (sulfide) groups is 1. The Morgan fingerprint density at radius 3 is 2.68 bits per heavy atom. The Labute approximate surface area is 204 Å². The van der Waals surface area contributed by atoms with Crippen molar-refractivity contribution in [3.05, 3.63) is 75.4 Å². The first-order valence-electron chi connectivity index (χ1n) is 10.6. The molecular formula is C25H23N3O4S2. The maximum absolute atomic E-state index is 12.8. The number of aromatic amines is 1. The van der Waals surface area contributed by atoms with E-state index in [1.165, 1.54) is 11.3 Å². The topological polar surface area (TPSA) is 101 Å². The van der Waals surface area contributed by atoms with Crippen LogP contribution in [0.1, 0.15) is 29.8 Å². The van der Waals surface area contributed by atoms with Crippen LogP contribution in [0.4, 0.5) is 5.69 Å². The molecule has 4 rings (SSSR count). The van der Waals surface area contributed by atoms with Crippen LogP contribution in [-0.4, -0.2) is 33.7 Å². The van der Waals surface area contributed by atoms with E-state index in [-0.39, 0.29) is 23.3 Å².